The fraction of sp³-hybridized carbons (Fsp3) is 0.294. The Hall–Kier alpha value is -2.80. The normalized spacial score (nSPS) is 10.8. The van der Waals surface area contributed by atoms with E-state index in [1.54, 1.807) is 17.3 Å². The Morgan fingerprint density at radius 2 is 1.88 bits per heavy atom. The number of rotatable bonds is 5. The molecule has 0 spiro atoms. The molecule has 0 bridgehead atoms. The van der Waals surface area contributed by atoms with Gasteiger partial charge in [0.05, 0.1) is 6.61 Å². The van der Waals surface area contributed by atoms with Gasteiger partial charge in [-0.3, -0.25) is 0 Å². The number of aliphatic hydroxyl groups is 1. The summed E-state index contributed by atoms with van der Waals surface area (Å²) in [5, 5.41) is 12.4. The molecule has 0 saturated heterocycles. The van der Waals surface area contributed by atoms with Crippen LogP contribution in [0.3, 0.4) is 0 Å². The zero-order valence-corrected chi connectivity index (χ0v) is 14.0. The van der Waals surface area contributed by atoms with Crippen LogP contribution in [0, 0.1) is 13.8 Å². The summed E-state index contributed by atoms with van der Waals surface area (Å²) >= 11 is 0. The van der Waals surface area contributed by atoms with E-state index in [0.29, 0.717) is 29.5 Å². The molecule has 1 aromatic carbocycles. The summed E-state index contributed by atoms with van der Waals surface area (Å²) in [5.74, 6) is 1.08. The topological polar surface area (TPSA) is 87.1 Å². The van der Waals surface area contributed by atoms with Crippen LogP contribution in [0.25, 0.3) is 11.2 Å². The van der Waals surface area contributed by atoms with Crippen LogP contribution in [0.15, 0.2) is 30.6 Å². The van der Waals surface area contributed by atoms with Crippen molar-refractivity contribution in [3.8, 4) is 0 Å². The molecule has 2 N–H and O–H groups in total. The maximum Gasteiger partial charge on any atom is 0.229 e. The first-order valence-corrected chi connectivity index (χ1v) is 7.73. The first-order valence-electron chi connectivity index (χ1n) is 7.73. The molecule has 2 aromatic heterocycles. The van der Waals surface area contributed by atoms with Crippen molar-refractivity contribution in [3.05, 3.63) is 41.7 Å². The average Bonchev–Trinajstić information content (AvgIpc) is 2.58. The van der Waals surface area contributed by atoms with Gasteiger partial charge < -0.3 is 15.3 Å². The molecule has 3 rings (SSSR count). The molecule has 3 aromatic rings. The third-order valence-electron chi connectivity index (χ3n) is 3.87. The molecule has 0 aliphatic carbocycles. The Bertz CT molecular complexity index is 867. The summed E-state index contributed by atoms with van der Waals surface area (Å²) < 4.78 is 0. The summed E-state index contributed by atoms with van der Waals surface area (Å²) in [4.78, 5) is 19.4. The molecule has 0 saturated carbocycles. The van der Waals surface area contributed by atoms with Crippen molar-refractivity contribution in [2.45, 2.75) is 13.8 Å². The summed E-state index contributed by atoms with van der Waals surface area (Å²) in [7, 11) is 1.83. The van der Waals surface area contributed by atoms with Crippen LogP contribution in [0.2, 0.25) is 0 Å². The number of aliphatic hydroxyl groups excluding tert-OH is 1. The summed E-state index contributed by atoms with van der Waals surface area (Å²) in [6.45, 7) is 4.61. The summed E-state index contributed by atoms with van der Waals surface area (Å²) in [6.07, 6.45) is 3.22. The Morgan fingerprint density at radius 3 is 2.62 bits per heavy atom. The molecule has 0 amide bonds. The van der Waals surface area contributed by atoms with E-state index < -0.39 is 0 Å². The average molecular weight is 324 g/mol. The SMILES string of the molecule is Cc1ccc(Nc2nc(N(C)CCO)nc3nccnc23)cc1C. The first-order chi connectivity index (χ1) is 11.6. The van der Waals surface area contributed by atoms with E-state index in [9.17, 15) is 0 Å². The third kappa shape index (κ3) is 3.26. The van der Waals surface area contributed by atoms with E-state index >= 15 is 0 Å². The number of nitrogens with zero attached hydrogens (tertiary/aromatic N) is 5. The predicted molar refractivity (Wildman–Crippen MR) is 94.7 cm³/mol. The van der Waals surface area contributed by atoms with Gasteiger partial charge >= 0.3 is 0 Å². The first kappa shape index (κ1) is 16.1. The van der Waals surface area contributed by atoms with Crippen LogP contribution < -0.4 is 10.2 Å². The minimum Gasteiger partial charge on any atom is -0.395 e. The van der Waals surface area contributed by atoms with Crippen molar-refractivity contribution in [1.82, 2.24) is 19.9 Å². The minimum absolute atomic E-state index is 0.0261. The number of fused-ring (bicyclic) bond motifs is 1. The van der Waals surface area contributed by atoms with E-state index in [1.165, 1.54) is 11.1 Å². The Morgan fingerprint density at radius 1 is 1.08 bits per heavy atom. The van der Waals surface area contributed by atoms with E-state index in [0.717, 1.165) is 5.69 Å². The van der Waals surface area contributed by atoms with Crippen molar-refractivity contribution in [1.29, 1.82) is 0 Å². The lowest BCUT2D eigenvalue weighted by molar-refractivity contribution is 0.303. The van der Waals surface area contributed by atoms with Gasteiger partial charge in [0.25, 0.3) is 0 Å². The zero-order valence-electron chi connectivity index (χ0n) is 14.0. The minimum atomic E-state index is 0.0261. The van der Waals surface area contributed by atoms with Crippen LogP contribution in [0.4, 0.5) is 17.5 Å². The van der Waals surface area contributed by atoms with Gasteiger partial charge in [0.1, 0.15) is 0 Å². The lowest BCUT2D eigenvalue weighted by atomic mass is 10.1. The fourth-order valence-corrected chi connectivity index (χ4v) is 2.32. The van der Waals surface area contributed by atoms with Crippen LogP contribution >= 0.6 is 0 Å². The predicted octanol–water partition coefficient (Wildman–Crippen LogP) is 2.21. The van der Waals surface area contributed by atoms with E-state index in [-0.39, 0.29) is 6.61 Å². The number of benzene rings is 1. The quantitative estimate of drug-likeness (QED) is 0.744. The van der Waals surface area contributed by atoms with Gasteiger partial charge in [0.15, 0.2) is 17.0 Å². The van der Waals surface area contributed by atoms with Crippen LogP contribution in [0.5, 0.6) is 0 Å². The smallest absolute Gasteiger partial charge is 0.229 e. The molecule has 124 valence electrons. The van der Waals surface area contributed by atoms with Gasteiger partial charge in [0.2, 0.25) is 5.95 Å². The standard InChI is InChI=1S/C17H20N6O/c1-11-4-5-13(10-12(11)2)20-16-14-15(19-7-6-18-14)21-17(22-16)23(3)8-9-24/h4-7,10,24H,8-9H2,1-3H3,(H,19,20,21,22). The highest BCUT2D eigenvalue weighted by Crippen LogP contribution is 2.24. The molecule has 0 unspecified atom stereocenters. The van der Waals surface area contributed by atoms with Gasteiger partial charge in [0, 0.05) is 31.7 Å². The van der Waals surface area contributed by atoms with E-state index in [2.05, 4.69) is 51.2 Å². The lowest BCUT2D eigenvalue weighted by Crippen LogP contribution is -2.23. The molecule has 7 heteroatoms. The highest BCUT2D eigenvalue weighted by atomic mass is 16.3. The second-order valence-electron chi connectivity index (χ2n) is 5.67. The number of aromatic nitrogens is 4. The van der Waals surface area contributed by atoms with E-state index in [1.807, 2.05) is 13.1 Å². The van der Waals surface area contributed by atoms with Crippen molar-refractivity contribution >= 4 is 28.6 Å². The van der Waals surface area contributed by atoms with Gasteiger partial charge in [-0.2, -0.15) is 9.97 Å². The van der Waals surface area contributed by atoms with Crippen molar-refractivity contribution < 1.29 is 5.11 Å². The molecule has 0 atom stereocenters. The second-order valence-corrected chi connectivity index (χ2v) is 5.67. The van der Waals surface area contributed by atoms with Crippen molar-refractivity contribution in [3.63, 3.8) is 0 Å². The van der Waals surface area contributed by atoms with Gasteiger partial charge in [-0.1, -0.05) is 6.07 Å². The molecule has 24 heavy (non-hydrogen) atoms. The highest BCUT2D eigenvalue weighted by Gasteiger charge is 2.13. The molecule has 2 heterocycles. The van der Waals surface area contributed by atoms with Gasteiger partial charge in [-0.05, 0) is 37.1 Å². The van der Waals surface area contributed by atoms with Gasteiger partial charge in [-0.25, -0.2) is 9.97 Å². The van der Waals surface area contributed by atoms with Crippen molar-refractivity contribution in [2.24, 2.45) is 0 Å². The Balaban J connectivity index is 2.05. The molecule has 0 radical (unpaired) electrons. The lowest BCUT2D eigenvalue weighted by Gasteiger charge is -2.17. The number of hydrogen-bond acceptors (Lipinski definition) is 7. The van der Waals surface area contributed by atoms with Crippen molar-refractivity contribution in [2.75, 3.05) is 30.4 Å². The molecule has 0 aliphatic rings. The van der Waals surface area contributed by atoms with Crippen LogP contribution in [0.1, 0.15) is 11.1 Å². The Labute approximate surface area is 140 Å². The number of anilines is 3. The maximum absolute atomic E-state index is 9.13. The van der Waals surface area contributed by atoms with E-state index in [4.69, 9.17) is 5.11 Å². The fourth-order valence-electron chi connectivity index (χ4n) is 2.32. The highest BCUT2D eigenvalue weighted by molar-refractivity contribution is 5.85. The molecule has 0 fully saturated rings. The number of likely N-dealkylation sites (N-methyl/N-ethyl adjacent to an activating group) is 1. The summed E-state index contributed by atoms with van der Waals surface area (Å²) in [5.41, 5.74) is 4.48. The third-order valence-corrected chi connectivity index (χ3v) is 3.87. The largest absolute Gasteiger partial charge is 0.395 e. The molecular formula is C17H20N6O. The number of aryl methyl sites for hydroxylation is 2. The summed E-state index contributed by atoms with van der Waals surface area (Å²) in [6, 6.07) is 6.13. The molecular weight excluding hydrogens is 304 g/mol. The molecule has 0 aliphatic heterocycles. The number of hydrogen-bond donors (Lipinski definition) is 2. The van der Waals surface area contributed by atoms with Crippen LogP contribution in [-0.4, -0.2) is 45.2 Å². The maximum atomic E-state index is 9.13. The molecule has 7 nitrogen and oxygen atoms in total. The second kappa shape index (κ2) is 6.76. The Kier molecular flexibility index (Phi) is 4.52. The number of nitrogens with one attached hydrogen (secondary N) is 1. The van der Waals surface area contributed by atoms with Gasteiger partial charge in [-0.15, -0.1) is 0 Å². The van der Waals surface area contributed by atoms with Crippen LogP contribution in [-0.2, 0) is 0 Å². The zero-order chi connectivity index (χ0) is 17.1. The monoisotopic (exact) mass is 324 g/mol.